The molecule has 0 fully saturated rings. The third kappa shape index (κ3) is 2.45. The summed E-state index contributed by atoms with van der Waals surface area (Å²) in [7, 11) is 0. The highest BCUT2D eigenvalue weighted by molar-refractivity contribution is 6.32. The summed E-state index contributed by atoms with van der Waals surface area (Å²) in [6.45, 7) is 0.0603. The van der Waals surface area contributed by atoms with Gasteiger partial charge in [0.1, 0.15) is 0 Å². The maximum absolute atomic E-state index is 13.0. The number of halogens is 3. The van der Waals surface area contributed by atoms with E-state index in [-0.39, 0.29) is 11.6 Å². The second-order valence-electron chi connectivity index (χ2n) is 3.50. The largest absolute Gasteiger partial charge is 0.408 e. The van der Waals surface area contributed by atoms with Crippen LogP contribution in [0.2, 0.25) is 5.02 Å². The van der Waals surface area contributed by atoms with Gasteiger partial charge < -0.3 is 10.1 Å². The average molecular weight is 274 g/mol. The first-order valence-electron chi connectivity index (χ1n) is 4.78. The van der Waals surface area contributed by atoms with Crippen molar-refractivity contribution in [2.24, 2.45) is 0 Å². The zero-order valence-electron chi connectivity index (χ0n) is 8.81. The third-order valence-corrected chi connectivity index (χ3v) is 2.47. The van der Waals surface area contributed by atoms with Crippen LogP contribution in [0.4, 0.5) is 14.6 Å². The molecule has 0 N–H and O–H groups in total. The van der Waals surface area contributed by atoms with Crippen molar-refractivity contribution in [2.75, 3.05) is 0 Å². The van der Waals surface area contributed by atoms with Crippen LogP contribution in [0.3, 0.4) is 0 Å². The molecule has 5 nitrogen and oxygen atoms in total. The van der Waals surface area contributed by atoms with Crippen LogP contribution >= 0.6 is 11.6 Å². The van der Waals surface area contributed by atoms with E-state index in [9.17, 15) is 18.9 Å². The lowest BCUT2D eigenvalue weighted by Gasteiger charge is -1.99. The van der Waals surface area contributed by atoms with E-state index in [4.69, 9.17) is 11.6 Å². The summed E-state index contributed by atoms with van der Waals surface area (Å²) in [4.78, 5) is 9.80. The zero-order chi connectivity index (χ0) is 13.3. The lowest BCUT2D eigenvalue weighted by Crippen LogP contribution is -2.02. The van der Waals surface area contributed by atoms with Gasteiger partial charge in [0, 0.05) is 0 Å². The predicted molar refractivity (Wildman–Crippen MR) is 59.4 cm³/mol. The molecule has 1 heterocycles. The molecule has 8 heteroatoms. The molecule has 0 atom stereocenters. The quantitative estimate of drug-likeness (QED) is 0.638. The number of aromatic nitrogens is 2. The highest BCUT2D eigenvalue weighted by atomic mass is 35.5. The average Bonchev–Trinajstić information content (AvgIpc) is 2.65. The summed E-state index contributed by atoms with van der Waals surface area (Å²) in [5.74, 6) is -2.41. The van der Waals surface area contributed by atoms with Gasteiger partial charge >= 0.3 is 5.82 Å². The van der Waals surface area contributed by atoms with Crippen molar-refractivity contribution in [2.45, 2.75) is 6.54 Å². The number of hydrogen-bond acceptors (Lipinski definition) is 3. The first-order chi connectivity index (χ1) is 8.47. The number of hydrogen-bond donors (Lipinski definition) is 0. The van der Waals surface area contributed by atoms with Crippen molar-refractivity contribution >= 4 is 17.4 Å². The van der Waals surface area contributed by atoms with Crippen molar-refractivity contribution in [1.29, 1.82) is 0 Å². The van der Waals surface area contributed by atoms with Crippen molar-refractivity contribution in [1.82, 2.24) is 9.78 Å². The Bertz CT molecular complexity index is 615. The molecular weight excluding hydrogens is 268 g/mol. The van der Waals surface area contributed by atoms with Crippen molar-refractivity contribution in [3.8, 4) is 0 Å². The predicted octanol–water partition coefficient (Wildman–Crippen LogP) is 2.77. The monoisotopic (exact) mass is 273 g/mol. The van der Waals surface area contributed by atoms with Gasteiger partial charge in [-0.25, -0.2) is 8.78 Å². The molecule has 0 saturated heterocycles. The highest BCUT2D eigenvalue weighted by Crippen LogP contribution is 2.22. The first-order valence-corrected chi connectivity index (χ1v) is 5.16. The Morgan fingerprint density at radius 3 is 2.67 bits per heavy atom. The summed E-state index contributed by atoms with van der Waals surface area (Å²) in [5.41, 5.74) is 0.419. The summed E-state index contributed by atoms with van der Waals surface area (Å²) in [6, 6.07) is 3.33. The minimum atomic E-state index is -0.986. The van der Waals surface area contributed by atoms with Gasteiger partial charge in [0.2, 0.25) is 0 Å². The Labute approximate surface area is 105 Å². The van der Waals surface area contributed by atoms with Gasteiger partial charge in [-0.3, -0.25) is 0 Å². The van der Waals surface area contributed by atoms with Crippen LogP contribution < -0.4 is 0 Å². The van der Waals surface area contributed by atoms with E-state index in [1.54, 1.807) is 0 Å². The topological polar surface area (TPSA) is 61.0 Å². The fourth-order valence-corrected chi connectivity index (χ4v) is 1.64. The molecular formula is C10H6ClF2N3O2. The molecule has 0 saturated carbocycles. The Kier molecular flexibility index (Phi) is 3.24. The zero-order valence-corrected chi connectivity index (χ0v) is 9.56. The van der Waals surface area contributed by atoms with E-state index in [0.29, 0.717) is 5.56 Å². The highest BCUT2D eigenvalue weighted by Gasteiger charge is 2.19. The van der Waals surface area contributed by atoms with E-state index < -0.39 is 22.4 Å². The lowest BCUT2D eigenvalue weighted by atomic mass is 10.2. The number of nitro groups is 1. The van der Waals surface area contributed by atoms with Gasteiger partial charge in [-0.05, 0) is 22.6 Å². The van der Waals surface area contributed by atoms with Crippen LogP contribution in [0.1, 0.15) is 5.56 Å². The van der Waals surface area contributed by atoms with Crippen LogP contribution in [0.25, 0.3) is 0 Å². The number of rotatable bonds is 3. The maximum atomic E-state index is 13.0. The molecule has 0 amide bonds. The van der Waals surface area contributed by atoms with Crippen LogP contribution in [0, 0.1) is 21.7 Å². The molecule has 0 aliphatic rings. The van der Waals surface area contributed by atoms with Crippen molar-refractivity contribution < 1.29 is 13.7 Å². The van der Waals surface area contributed by atoms with E-state index in [0.717, 1.165) is 12.1 Å². The first kappa shape index (κ1) is 12.4. The lowest BCUT2D eigenvalue weighted by molar-refractivity contribution is -0.389. The fraction of sp³-hybridized carbons (Fsp3) is 0.100. The summed E-state index contributed by atoms with van der Waals surface area (Å²) in [5, 5.41) is 14.0. The molecule has 0 unspecified atom stereocenters. The van der Waals surface area contributed by atoms with E-state index in [1.165, 1.54) is 16.9 Å². The van der Waals surface area contributed by atoms with Gasteiger partial charge in [-0.2, -0.15) is 4.68 Å². The van der Waals surface area contributed by atoms with Gasteiger partial charge in [0.25, 0.3) is 0 Å². The van der Waals surface area contributed by atoms with Crippen LogP contribution in [0.5, 0.6) is 0 Å². The molecule has 0 spiro atoms. The van der Waals surface area contributed by atoms with Crippen LogP contribution in [-0.4, -0.2) is 14.7 Å². The van der Waals surface area contributed by atoms with E-state index in [2.05, 4.69) is 5.10 Å². The molecule has 0 aliphatic carbocycles. The maximum Gasteiger partial charge on any atom is 0.408 e. The summed E-state index contributed by atoms with van der Waals surface area (Å²) < 4.78 is 26.8. The Hall–Kier alpha value is -2.02. The number of benzene rings is 1. The number of nitrogens with zero attached hydrogens (tertiary/aromatic N) is 3. The van der Waals surface area contributed by atoms with E-state index in [1.807, 2.05) is 0 Å². The minimum Gasteiger partial charge on any atom is -0.358 e. The Morgan fingerprint density at radius 2 is 2.11 bits per heavy atom. The van der Waals surface area contributed by atoms with Crippen molar-refractivity contribution in [3.63, 3.8) is 0 Å². The van der Waals surface area contributed by atoms with Gasteiger partial charge in [0.15, 0.2) is 16.7 Å². The molecule has 0 radical (unpaired) electrons. The summed E-state index contributed by atoms with van der Waals surface area (Å²) >= 11 is 5.60. The van der Waals surface area contributed by atoms with Crippen LogP contribution in [0.15, 0.2) is 24.4 Å². The molecule has 0 bridgehead atoms. The van der Waals surface area contributed by atoms with E-state index >= 15 is 0 Å². The van der Waals surface area contributed by atoms with Crippen LogP contribution in [-0.2, 0) is 6.54 Å². The van der Waals surface area contributed by atoms with Gasteiger partial charge in [-0.15, -0.1) is 0 Å². The third-order valence-electron chi connectivity index (χ3n) is 2.20. The van der Waals surface area contributed by atoms with Gasteiger partial charge in [0.05, 0.1) is 17.8 Å². The Balaban J connectivity index is 2.26. The molecule has 0 aliphatic heterocycles. The standard InChI is InChI=1S/C10H6ClF2N3O2/c11-7-5-15(14-10(7)16(17)18)4-6-1-2-8(12)9(13)3-6/h1-3,5H,4H2. The molecule has 2 aromatic rings. The second kappa shape index (κ2) is 4.69. The molecule has 94 valence electrons. The van der Waals surface area contributed by atoms with Crippen molar-refractivity contribution in [3.05, 3.63) is 56.7 Å². The fourth-order valence-electron chi connectivity index (χ4n) is 1.42. The molecule has 2 rings (SSSR count). The molecule has 1 aromatic heterocycles. The molecule has 1 aromatic carbocycles. The smallest absolute Gasteiger partial charge is 0.358 e. The summed E-state index contributed by atoms with van der Waals surface area (Å²) in [6.07, 6.45) is 1.25. The SMILES string of the molecule is O=[N+]([O-])c1nn(Cc2ccc(F)c(F)c2)cc1Cl. The normalized spacial score (nSPS) is 10.6. The second-order valence-corrected chi connectivity index (χ2v) is 3.91. The Morgan fingerprint density at radius 1 is 1.39 bits per heavy atom. The minimum absolute atomic E-state index is 0.0603. The van der Waals surface area contributed by atoms with Gasteiger partial charge in [-0.1, -0.05) is 17.7 Å². The molecule has 18 heavy (non-hydrogen) atoms.